The summed E-state index contributed by atoms with van der Waals surface area (Å²) in [5.41, 5.74) is 17.3. The van der Waals surface area contributed by atoms with E-state index >= 15 is 0 Å². The van der Waals surface area contributed by atoms with E-state index in [1.807, 2.05) is 0 Å². The smallest absolute Gasteiger partial charge is 0.252 e. The summed E-state index contributed by atoms with van der Waals surface area (Å²) in [5.74, 6) is -1.23. The third-order valence-electron chi connectivity index (χ3n) is 8.00. The molecular formula is C24H46FN5O14. The largest absolute Gasteiger partial charge is 0.395 e. The molecule has 0 bridgehead atoms. The van der Waals surface area contributed by atoms with E-state index in [4.69, 9.17) is 41.3 Å². The second-order valence-corrected chi connectivity index (χ2v) is 11.1. The molecule has 2 aliphatic heterocycles. The van der Waals surface area contributed by atoms with Crippen molar-refractivity contribution in [2.75, 3.05) is 32.8 Å². The average Bonchev–Trinajstić information content (AvgIpc) is 3.00. The SMILES string of the molecule is NCC(F)C(O)C(=O)N[C@@H]1C[C@H](N)C(O[C@H]2O[C@H](CNCCO)[C@@H](O)[C@H](O)[C@H]2O)[C@H](O)[C@H]1O[C@H]1O[C@H](CO)[C@@H](O)[C@H](N)[C@H]1O. The van der Waals surface area contributed by atoms with Crippen LogP contribution in [0.3, 0.4) is 0 Å². The number of ether oxygens (including phenoxy) is 4. The first-order valence-electron chi connectivity index (χ1n) is 14.2. The van der Waals surface area contributed by atoms with Crippen LogP contribution in [0.5, 0.6) is 0 Å². The van der Waals surface area contributed by atoms with Crippen LogP contribution < -0.4 is 27.8 Å². The van der Waals surface area contributed by atoms with Crippen molar-refractivity contribution in [3.05, 3.63) is 0 Å². The summed E-state index contributed by atoms with van der Waals surface area (Å²) in [5, 5.41) is 97.1. The van der Waals surface area contributed by atoms with Gasteiger partial charge in [0.05, 0.1) is 25.3 Å². The van der Waals surface area contributed by atoms with E-state index in [9.17, 15) is 50.0 Å². The number of hydrogen-bond donors (Lipinski definition) is 14. The van der Waals surface area contributed by atoms with E-state index in [1.165, 1.54) is 0 Å². The molecule has 17 atom stereocenters. The van der Waals surface area contributed by atoms with Gasteiger partial charge in [0.1, 0.15) is 67.2 Å². The molecule has 1 amide bonds. The molecule has 1 saturated carbocycles. The molecule has 3 rings (SSSR count). The Balaban J connectivity index is 1.85. The molecule has 0 radical (unpaired) electrons. The molecule has 0 aromatic heterocycles. The van der Waals surface area contributed by atoms with E-state index in [-0.39, 0.29) is 26.1 Å². The number of nitrogens with two attached hydrogens (primary N) is 3. The second kappa shape index (κ2) is 16.5. The van der Waals surface area contributed by atoms with E-state index < -0.39 is 123 Å². The normalized spacial score (nSPS) is 44.6. The van der Waals surface area contributed by atoms with Crippen LogP contribution >= 0.6 is 0 Å². The van der Waals surface area contributed by atoms with Gasteiger partial charge in [0.25, 0.3) is 5.91 Å². The third kappa shape index (κ3) is 8.35. The lowest BCUT2D eigenvalue weighted by Crippen LogP contribution is -2.69. The number of alkyl halides is 1. The van der Waals surface area contributed by atoms with Gasteiger partial charge in [-0.1, -0.05) is 0 Å². The summed E-state index contributed by atoms with van der Waals surface area (Å²) in [6.45, 7) is -1.57. The molecular weight excluding hydrogens is 601 g/mol. The molecule has 19 nitrogen and oxygen atoms in total. The maximum atomic E-state index is 13.9. The van der Waals surface area contributed by atoms with Crippen molar-refractivity contribution in [3.63, 3.8) is 0 Å². The fourth-order valence-electron chi connectivity index (χ4n) is 5.36. The zero-order chi connectivity index (χ0) is 32.9. The van der Waals surface area contributed by atoms with E-state index in [1.54, 1.807) is 0 Å². The monoisotopic (exact) mass is 647 g/mol. The molecule has 44 heavy (non-hydrogen) atoms. The summed E-state index contributed by atoms with van der Waals surface area (Å²) in [7, 11) is 0. The van der Waals surface area contributed by atoms with Crippen LogP contribution in [0.1, 0.15) is 6.42 Å². The molecule has 2 heterocycles. The second-order valence-electron chi connectivity index (χ2n) is 11.1. The van der Waals surface area contributed by atoms with Crippen molar-refractivity contribution < 1.29 is 74.1 Å². The first-order chi connectivity index (χ1) is 20.8. The number of amides is 1. The summed E-state index contributed by atoms with van der Waals surface area (Å²) in [6, 6.07) is -3.83. The minimum Gasteiger partial charge on any atom is -0.395 e. The highest BCUT2D eigenvalue weighted by Gasteiger charge is 2.52. The van der Waals surface area contributed by atoms with Crippen molar-refractivity contribution in [1.82, 2.24) is 10.6 Å². The Morgan fingerprint density at radius 2 is 1.50 bits per heavy atom. The fraction of sp³-hybridized carbons (Fsp3) is 0.958. The molecule has 1 aliphatic carbocycles. The zero-order valence-corrected chi connectivity index (χ0v) is 23.7. The Hall–Kier alpha value is -1.28. The van der Waals surface area contributed by atoms with Gasteiger partial charge in [-0.15, -0.1) is 0 Å². The van der Waals surface area contributed by atoms with Crippen molar-refractivity contribution >= 4 is 5.91 Å². The maximum absolute atomic E-state index is 13.9. The summed E-state index contributed by atoms with van der Waals surface area (Å²) in [4.78, 5) is 12.6. The van der Waals surface area contributed by atoms with Crippen molar-refractivity contribution in [2.24, 2.45) is 17.2 Å². The first-order valence-corrected chi connectivity index (χ1v) is 14.2. The van der Waals surface area contributed by atoms with Gasteiger partial charge < -0.3 is 92.7 Å². The van der Waals surface area contributed by atoms with Crippen LogP contribution in [0.2, 0.25) is 0 Å². The zero-order valence-electron chi connectivity index (χ0n) is 23.7. The maximum Gasteiger partial charge on any atom is 0.252 e. The molecule has 3 fully saturated rings. The van der Waals surface area contributed by atoms with Crippen molar-refractivity contribution in [2.45, 2.75) is 110 Å². The fourth-order valence-corrected chi connectivity index (χ4v) is 5.36. The van der Waals surface area contributed by atoms with Crippen LogP contribution in [-0.4, -0.2) is 189 Å². The highest BCUT2D eigenvalue weighted by Crippen LogP contribution is 2.32. The Bertz CT molecular complexity index is 902. The highest BCUT2D eigenvalue weighted by molar-refractivity contribution is 5.81. The van der Waals surface area contributed by atoms with Gasteiger partial charge in [-0.2, -0.15) is 0 Å². The number of halogens is 1. The summed E-state index contributed by atoms with van der Waals surface area (Å²) >= 11 is 0. The highest BCUT2D eigenvalue weighted by atomic mass is 19.1. The molecule has 0 spiro atoms. The van der Waals surface area contributed by atoms with E-state index in [0.717, 1.165) is 0 Å². The van der Waals surface area contributed by atoms with Gasteiger partial charge >= 0.3 is 0 Å². The number of hydrogen-bond acceptors (Lipinski definition) is 18. The summed E-state index contributed by atoms with van der Waals surface area (Å²) < 4.78 is 36.6. The van der Waals surface area contributed by atoms with Gasteiger partial charge in [-0.05, 0) is 6.42 Å². The lowest BCUT2D eigenvalue weighted by atomic mass is 9.83. The predicted molar refractivity (Wildman–Crippen MR) is 143 cm³/mol. The molecule has 0 aromatic rings. The lowest BCUT2D eigenvalue weighted by Gasteiger charge is -2.49. The number of carbonyl (C=O) groups excluding carboxylic acids is 1. The van der Waals surface area contributed by atoms with Crippen LogP contribution in [-0.2, 0) is 23.7 Å². The molecule has 2 saturated heterocycles. The quantitative estimate of drug-likeness (QED) is 0.0825. The Kier molecular flexibility index (Phi) is 14.0. The van der Waals surface area contributed by atoms with Crippen LogP contribution in [0, 0.1) is 0 Å². The summed E-state index contributed by atoms with van der Waals surface area (Å²) in [6.07, 6.45) is -23.7. The molecule has 0 aromatic carbocycles. The third-order valence-corrected chi connectivity index (χ3v) is 8.00. The molecule has 17 N–H and O–H groups in total. The van der Waals surface area contributed by atoms with Gasteiger partial charge in [-0.3, -0.25) is 4.79 Å². The van der Waals surface area contributed by atoms with Crippen LogP contribution in [0.25, 0.3) is 0 Å². The van der Waals surface area contributed by atoms with Crippen molar-refractivity contribution in [1.29, 1.82) is 0 Å². The lowest BCUT2D eigenvalue weighted by molar-refractivity contribution is -0.333. The molecule has 258 valence electrons. The molecule has 20 heteroatoms. The standard InChI is InChI=1S/C24H46FN5O14/c25-7(4-26)13(33)22(40)30-9-3-8(27)20(43-24-18(38)17(37)15(35)10(41-24)5-29-1-2-31)19(39)21(9)44-23-16(36)12(28)14(34)11(6-32)42-23/h7-21,23-24,29,31-39H,1-6,26-28H2,(H,30,40)/t7?,8-,9+,10+,11+,12-,13?,14+,15+,16+,17-,18+,19-,20?,21-,23+,24+/m0/s1. The van der Waals surface area contributed by atoms with Gasteiger partial charge in [0, 0.05) is 25.7 Å². The first kappa shape index (κ1) is 37.2. The van der Waals surface area contributed by atoms with Gasteiger partial charge in [0.15, 0.2) is 18.7 Å². The topological polar surface area (TPSA) is 338 Å². The minimum atomic E-state index is -2.20. The Morgan fingerprint density at radius 3 is 2.11 bits per heavy atom. The van der Waals surface area contributed by atoms with Gasteiger partial charge in [-0.25, -0.2) is 4.39 Å². The van der Waals surface area contributed by atoms with E-state index in [2.05, 4.69) is 10.6 Å². The van der Waals surface area contributed by atoms with Crippen LogP contribution in [0.15, 0.2) is 0 Å². The number of carbonyl (C=O) groups is 1. The number of aliphatic hydroxyl groups is 9. The molecule has 3 aliphatic rings. The predicted octanol–water partition coefficient (Wildman–Crippen LogP) is -8.85. The Morgan fingerprint density at radius 1 is 0.886 bits per heavy atom. The van der Waals surface area contributed by atoms with Gasteiger partial charge in [0.2, 0.25) is 0 Å². The van der Waals surface area contributed by atoms with Crippen molar-refractivity contribution in [3.8, 4) is 0 Å². The Labute approximate surface area is 251 Å². The number of nitrogens with one attached hydrogen (secondary N) is 2. The number of rotatable bonds is 13. The minimum absolute atomic E-state index is 0.0692. The van der Waals surface area contributed by atoms with Crippen LogP contribution in [0.4, 0.5) is 4.39 Å². The van der Waals surface area contributed by atoms with E-state index in [0.29, 0.717) is 0 Å². The molecule has 3 unspecified atom stereocenters. The number of aliphatic hydroxyl groups excluding tert-OH is 9. The average molecular weight is 648 g/mol.